The van der Waals surface area contributed by atoms with E-state index in [9.17, 15) is 14.7 Å². The lowest BCUT2D eigenvalue weighted by Crippen LogP contribution is -2.20. The van der Waals surface area contributed by atoms with Gasteiger partial charge in [-0.1, -0.05) is 11.6 Å². The van der Waals surface area contributed by atoms with Crippen LogP contribution in [0.5, 0.6) is 11.5 Å². The average molecular weight is 375 g/mol. The summed E-state index contributed by atoms with van der Waals surface area (Å²) in [5.74, 6) is -0.300. The summed E-state index contributed by atoms with van der Waals surface area (Å²) >= 11 is 5.83. The highest BCUT2D eigenvalue weighted by Gasteiger charge is 2.17. The molecule has 1 aromatic carbocycles. The van der Waals surface area contributed by atoms with Crippen LogP contribution in [0.3, 0.4) is 0 Å². The van der Waals surface area contributed by atoms with Crippen molar-refractivity contribution in [1.82, 2.24) is 4.98 Å². The second-order valence-electron chi connectivity index (χ2n) is 5.63. The van der Waals surface area contributed by atoms with E-state index < -0.39 is 11.5 Å². The van der Waals surface area contributed by atoms with Gasteiger partial charge in [0.05, 0.1) is 36.0 Å². The fourth-order valence-corrected chi connectivity index (χ4v) is 2.79. The molecule has 0 atom stereocenters. The van der Waals surface area contributed by atoms with Crippen molar-refractivity contribution in [2.75, 3.05) is 12.4 Å². The summed E-state index contributed by atoms with van der Waals surface area (Å²) in [5.41, 5.74) is 0.802. The Balaban J connectivity index is 1.95. The van der Waals surface area contributed by atoms with Gasteiger partial charge in [0.15, 0.2) is 11.5 Å². The number of hydrogen-bond donors (Lipinski definition) is 2. The number of aryl methyl sites for hydroxylation is 1. The third-order valence-electron chi connectivity index (χ3n) is 3.91. The van der Waals surface area contributed by atoms with Gasteiger partial charge in [-0.2, -0.15) is 0 Å². The lowest BCUT2D eigenvalue weighted by Gasteiger charge is -2.10. The zero-order valence-electron chi connectivity index (χ0n) is 14.0. The Hall–Kier alpha value is -3.06. The lowest BCUT2D eigenvalue weighted by molar-refractivity contribution is -0.115. The number of hydrogen-bond acceptors (Lipinski definition) is 6. The number of nitrogens with zero attached hydrogens (tertiary/aromatic N) is 1. The zero-order valence-corrected chi connectivity index (χ0v) is 14.8. The second kappa shape index (κ2) is 7.05. The van der Waals surface area contributed by atoms with Crippen LogP contribution < -0.4 is 15.7 Å². The molecule has 0 bridgehead atoms. The van der Waals surface area contributed by atoms with Crippen molar-refractivity contribution in [2.45, 2.75) is 13.3 Å². The van der Waals surface area contributed by atoms with E-state index in [0.717, 1.165) is 0 Å². The SMILES string of the molecule is COc1cc2c(C)c(CC(=O)Nc3cncc(Cl)c3)c(=O)oc2cc1O. The van der Waals surface area contributed by atoms with Crippen LogP contribution in [0.4, 0.5) is 5.69 Å². The van der Waals surface area contributed by atoms with Gasteiger partial charge in [0.25, 0.3) is 0 Å². The molecule has 3 rings (SSSR count). The summed E-state index contributed by atoms with van der Waals surface area (Å²) in [4.78, 5) is 28.4. The standard InChI is InChI=1S/C18H15ClN2O5/c1-9-12-4-16(25-2)14(22)6-15(12)26-18(24)13(9)5-17(23)21-11-3-10(19)7-20-8-11/h3-4,6-8,22H,5H2,1-2H3,(H,21,23). The highest BCUT2D eigenvalue weighted by Crippen LogP contribution is 2.32. The molecule has 0 saturated carbocycles. The van der Waals surface area contributed by atoms with E-state index in [1.807, 2.05) is 0 Å². The number of carbonyl (C=O) groups is 1. The summed E-state index contributed by atoms with van der Waals surface area (Å²) in [6.45, 7) is 1.71. The molecule has 0 aliphatic rings. The highest BCUT2D eigenvalue weighted by molar-refractivity contribution is 6.30. The van der Waals surface area contributed by atoms with E-state index in [-0.39, 0.29) is 29.1 Å². The first-order valence-electron chi connectivity index (χ1n) is 7.62. The van der Waals surface area contributed by atoms with E-state index in [1.165, 1.54) is 25.6 Å². The molecule has 0 spiro atoms. The summed E-state index contributed by atoms with van der Waals surface area (Å²) < 4.78 is 10.3. The number of halogens is 1. The van der Waals surface area contributed by atoms with Gasteiger partial charge in [0.1, 0.15) is 5.58 Å². The Bertz CT molecular complexity index is 1060. The topological polar surface area (TPSA) is 102 Å². The first kappa shape index (κ1) is 17.8. The van der Waals surface area contributed by atoms with Crippen molar-refractivity contribution >= 4 is 34.2 Å². The van der Waals surface area contributed by atoms with Crippen LogP contribution >= 0.6 is 11.6 Å². The van der Waals surface area contributed by atoms with Gasteiger partial charge in [-0.25, -0.2) is 4.79 Å². The molecule has 7 nitrogen and oxygen atoms in total. The molecule has 8 heteroatoms. The Kier molecular flexibility index (Phi) is 4.81. The Labute approximate surface area is 153 Å². The van der Waals surface area contributed by atoms with E-state index in [0.29, 0.717) is 21.7 Å². The van der Waals surface area contributed by atoms with Crippen LogP contribution in [0, 0.1) is 6.92 Å². The van der Waals surface area contributed by atoms with Gasteiger partial charge in [0, 0.05) is 17.6 Å². The number of nitrogens with one attached hydrogen (secondary N) is 1. The zero-order chi connectivity index (χ0) is 18.8. The minimum absolute atomic E-state index is 0.138. The number of anilines is 1. The number of aromatic nitrogens is 1. The second-order valence-corrected chi connectivity index (χ2v) is 6.07. The van der Waals surface area contributed by atoms with Crippen LogP contribution in [0.2, 0.25) is 5.02 Å². The van der Waals surface area contributed by atoms with Crippen molar-refractivity contribution in [2.24, 2.45) is 0 Å². The largest absolute Gasteiger partial charge is 0.504 e. The van der Waals surface area contributed by atoms with Crippen LogP contribution in [0.25, 0.3) is 11.0 Å². The molecule has 3 aromatic rings. The van der Waals surface area contributed by atoms with Crippen molar-refractivity contribution in [3.8, 4) is 11.5 Å². The predicted molar refractivity (Wildman–Crippen MR) is 97.0 cm³/mol. The average Bonchev–Trinajstić information content (AvgIpc) is 2.58. The molecule has 0 radical (unpaired) electrons. The van der Waals surface area contributed by atoms with Crippen LogP contribution in [0.15, 0.2) is 39.8 Å². The van der Waals surface area contributed by atoms with E-state index in [1.54, 1.807) is 19.1 Å². The normalized spacial score (nSPS) is 10.7. The number of rotatable bonds is 4. The monoisotopic (exact) mass is 374 g/mol. The van der Waals surface area contributed by atoms with Crippen LogP contribution in [-0.4, -0.2) is 23.1 Å². The molecule has 2 heterocycles. The van der Waals surface area contributed by atoms with Crippen molar-refractivity contribution in [3.05, 3.63) is 57.2 Å². The summed E-state index contributed by atoms with van der Waals surface area (Å²) in [6, 6.07) is 4.42. The fraction of sp³-hybridized carbons (Fsp3) is 0.167. The van der Waals surface area contributed by atoms with Gasteiger partial charge in [-0.15, -0.1) is 0 Å². The van der Waals surface area contributed by atoms with Crippen molar-refractivity contribution in [1.29, 1.82) is 0 Å². The fourth-order valence-electron chi connectivity index (χ4n) is 2.62. The van der Waals surface area contributed by atoms with Crippen LogP contribution in [-0.2, 0) is 11.2 Å². The molecule has 2 N–H and O–H groups in total. The molecule has 0 aliphatic heterocycles. The Morgan fingerprint density at radius 1 is 1.35 bits per heavy atom. The molecule has 0 unspecified atom stereocenters. The third-order valence-corrected chi connectivity index (χ3v) is 4.12. The first-order chi connectivity index (χ1) is 12.4. The molecule has 0 aliphatic carbocycles. The predicted octanol–water partition coefficient (Wildman–Crippen LogP) is 3.05. The molecule has 0 fully saturated rings. The number of benzene rings is 1. The van der Waals surface area contributed by atoms with E-state index >= 15 is 0 Å². The number of fused-ring (bicyclic) bond motifs is 1. The quantitative estimate of drug-likeness (QED) is 0.680. The lowest BCUT2D eigenvalue weighted by atomic mass is 10.0. The van der Waals surface area contributed by atoms with Gasteiger partial charge in [-0.05, 0) is 24.6 Å². The summed E-state index contributed by atoms with van der Waals surface area (Å²) in [7, 11) is 1.42. The van der Waals surface area contributed by atoms with E-state index in [4.69, 9.17) is 20.8 Å². The molecule has 0 saturated heterocycles. The van der Waals surface area contributed by atoms with Gasteiger partial charge in [-0.3, -0.25) is 9.78 Å². The maximum atomic E-state index is 12.3. The smallest absolute Gasteiger partial charge is 0.340 e. The number of phenols is 1. The minimum atomic E-state index is -0.640. The summed E-state index contributed by atoms with van der Waals surface area (Å²) in [5, 5.41) is 13.4. The van der Waals surface area contributed by atoms with Crippen molar-refractivity contribution in [3.63, 3.8) is 0 Å². The van der Waals surface area contributed by atoms with Gasteiger partial charge in [0.2, 0.25) is 5.91 Å². The van der Waals surface area contributed by atoms with Crippen molar-refractivity contribution < 1.29 is 19.1 Å². The molecule has 26 heavy (non-hydrogen) atoms. The maximum Gasteiger partial charge on any atom is 0.340 e. The first-order valence-corrected chi connectivity index (χ1v) is 8.00. The molecule has 2 aromatic heterocycles. The number of aromatic hydroxyl groups is 1. The molecular formula is C18H15ClN2O5. The van der Waals surface area contributed by atoms with Crippen LogP contribution in [0.1, 0.15) is 11.1 Å². The van der Waals surface area contributed by atoms with Gasteiger partial charge < -0.3 is 19.6 Å². The third kappa shape index (κ3) is 3.48. The molecule has 1 amide bonds. The number of pyridine rings is 1. The van der Waals surface area contributed by atoms with Gasteiger partial charge >= 0.3 is 5.63 Å². The number of phenolic OH excluding ortho intramolecular Hbond substituents is 1. The highest BCUT2D eigenvalue weighted by atomic mass is 35.5. The summed E-state index contributed by atoms with van der Waals surface area (Å²) in [6.07, 6.45) is 2.72. The molecule has 134 valence electrons. The number of carbonyl (C=O) groups excluding carboxylic acids is 1. The maximum absolute atomic E-state index is 12.3. The number of methoxy groups -OCH3 is 1. The minimum Gasteiger partial charge on any atom is -0.504 e. The molecular weight excluding hydrogens is 360 g/mol. The Morgan fingerprint density at radius 2 is 2.12 bits per heavy atom. The van der Waals surface area contributed by atoms with E-state index in [2.05, 4.69) is 10.3 Å². The Morgan fingerprint density at radius 3 is 2.81 bits per heavy atom. The number of ether oxygens (including phenoxy) is 1. The number of amides is 1.